The van der Waals surface area contributed by atoms with Gasteiger partial charge in [0, 0.05) is 19.4 Å². The summed E-state index contributed by atoms with van der Waals surface area (Å²) in [5.74, 6) is -4.07. The van der Waals surface area contributed by atoms with Crippen molar-refractivity contribution in [1.29, 1.82) is 0 Å². The van der Waals surface area contributed by atoms with Gasteiger partial charge in [-0.3, -0.25) is 38.7 Å². The van der Waals surface area contributed by atoms with Gasteiger partial charge in [0.1, 0.15) is 23.5 Å². The van der Waals surface area contributed by atoms with Crippen molar-refractivity contribution in [3.8, 4) is 5.75 Å². The number of rotatable bonds is 16. The molecule has 2 atom stereocenters. The Morgan fingerprint density at radius 3 is 2.14 bits per heavy atom. The number of imide groups is 1. The van der Waals surface area contributed by atoms with E-state index in [0.29, 0.717) is 34.4 Å². The third kappa shape index (κ3) is 9.16. The van der Waals surface area contributed by atoms with Crippen LogP contribution in [0.1, 0.15) is 48.8 Å². The van der Waals surface area contributed by atoms with Crippen LogP contribution in [-0.2, 0) is 27.2 Å². The fourth-order valence-corrected chi connectivity index (χ4v) is 5.88. The number of carboxylic acid groups (broad SMARTS) is 1. The highest BCUT2D eigenvalue weighted by atomic mass is 16.5. The Labute approximate surface area is 317 Å². The quantitative estimate of drug-likeness (QED) is 0.0596. The third-order valence-corrected chi connectivity index (χ3v) is 8.66. The van der Waals surface area contributed by atoms with Gasteiger partial charge in [-0.15, -0.1) is 0 Å². The average Bonchev–Trinajstić information content (AvgIpc) is 3.43. The minimum Gasteiger partial charge on any atom is -0.494 e. The first-order valence-electron chi connectivity index (χ1n) is 17.3. The van der Waals surface area contributed by atoms with Crippen molar-refractivity contribution < 1.29 is 38.6 Å². The third-order valence-electron chi connectivity index (χ3n) is 8.66. The van der Waals surface area contributed by atoms with Gasteiger partial charge in [0.05, 0.1) is 30.5 Å². The van der Waals surface area contributed by atoms with E-state index in [1.54, 1.807) is 78.9 Å². The SMILES string of the molecule is Nc1nc2nc(C(=O)NCC(=O)N[C@@H](Cc3ccccc3)C(=O)N[C@@H](Cc3ccc(OCCCN4C(=O)c5ccccc5C4=O)cc3)C(=O)O)cnc2c(=O)[nH]1. The van der Waals surface area contributed by atoms with Crippen molar-refractivity contribution in [2.45, 2.75) is 31.3 Å². The van der Waals surface area contributed by atoms with Gasteiger partial charge in [-0.1, -0.05) is 54.6 Å². The maximum Gasteiger partial charge on any atom is 0.326 e. The molecule has 0 bridgehead atoms. The molecule has 2 aromatic heterocycles. The molecule has 286 valence electrons. The van der Waals surface area contributed by atoms with Crippen LogP contribution in [0.5, 0.6) is 5.75 Å². The van der Waals surface area contributed by atoms with Crippen LogP contribution >= 0.6 is 0 Å². The summed E-state index contributed by atoms with van der Waals surface area (Å²) in [6.07, 6.45) is 1.34. The molecular weight excluding hydrogens is 726 g/mol. The zero-order valence-corrected chi connectivity index (χ0v) is 29.6. The fourth-order valence-electron chi connectivity index (χ4n) is 5.88. The normalized spacial score (nSPS) is 13.1. The number of anilines is 1. The summed E-state index contributed by atoms with van der Waals surface area (Å²) < 4.78 is 5.77. The van der Waals surface area contributed by atoms with Crippen molar-refractivity contribution in [3.05, 3.63) is 123 Å². The van der Waals surface area contributed by atoms with E-state index in [4.69, 9.17) is 10.5 Å². The zero-order chi connectivity index (χ0) is 39.8. The van der Waals surface area contributed by atoms with Crippen molar-refractivity contribution in [2.75, 3.05) is 25.4 Å². The smallest absolute Gasteiger partial charge is 0.326 e. The summed E-state index contributed by atoms with van der Waals surface area (Å²) in [6.45, 7) is -0.184. The number of aromatic nitrogens is 4. The van der Waals surface area contributed by atoms with E-state index in [2.05, 4.69) is 35.9 Å². The van der Waals surface area contributed by atoms with Crippen LogP contribution in [-0.4, -0.2) is 97.2 Å². The first kappa shape index (κ1) is 38.2. The van der Waals surface area contributed by atoms with Gasteiger partial charge in [-0.25, -0.2) is 14.8 Å². The summed E-state index contributed by atoms with van der Waals surface area (Å²) in [6, 6.07) is 19.4. The van der Waals surface area contributed by atoms with Gasteiger partial charge >= 0.3 is 5.97 Å². The van der Waals surface area contributed by atoms with E-state index >= 15 is 0 Å². The Hall–Kier alpha value is -7.50. The van der Waals surface area contributed by atoms with Crippen LogP contribution in [0.15, 0.2) is 89.9 Å². The molecule has 0 fully saturated rings. The number of nitrogens with two attached hydrogens (primary N) is 1. The summed E-state index contributed by atoms with van der Waals surface area (Å²) in [4.78, 5) is 104. The molecule has 0 spiro atoms. The van der Waals surface area contributed by atoms with Gasteiger partial charge in [0.25, 0.3) is 23.3 Å². The molecule has 18 heteroatoms. The van der Waals surface area contributed by atoms with Crippen LogP contribution < -0.4 is 32.0 Å². The highest BCUT2D eigenvalue weighted by Crippen LogP contribution is 2.22. The number of carboxylic acids is 1. The Balaban J connectivity index is 1.02. The minimum absolute atomic E-state index is 0.00946. The van der Waals surface area contributed by atoms with E-state index in [0.717, 1.165) is 6.20 Å². The van der Waals surface area contributed by atoms with Crippen LogP contribution in [0.4, 0.5) is 5.95 Å². The molecule has 1 aliphatic rings. The molecular formula is C38H35N9O9. The largest absolute Gasteiger partial charge is 0.494 e. The summed E-state index contributed by atoms with van der Waals surface area (Å²) in [5.41, 5.74) is 6.35. The number of fused-ring (bicyclic) bond motifs is 2. The molecule has 56 heavy (non-hydrogen) atoms. The van der Waals surface area contributed by atoms with E-state index in [1.165, 1.54) is 4.90 Å². The van der Waals surface area contributed by atoms with Gasteiger partial charge in [-0.05, 0) is 41.8 Å². The first-order chi connectivity index (χ1) is 27.0. The number of ether oxygens (including phenoxy) is 1. The Kier molecular flexibility index (Phi) is 11.7. The molecule has 0 aliphatic carbocycles. The Morgan fingerprint density at radius 2 is 1.46 bits per heavy atom. The number of aromatic amines is 1. The van der Waals surface area contributed by atoms with Gasteiger partial charge in [-0.2, -0.15) is 4.98 Å². The van der Waals surface area contributed by atoms with Gasteiger partial charge in [0.2, 0.25) is 17.8 Å². The van der Waals surface area contributed by atoms with Crippen LogP contribution in [0.25, 0.3) is 11.2 Å². The number of amides is 5. The van der Waals surface area contributed by atoms with Crippen LogP contribution in [0.2, 0.25) is 0 Å². The Bertz CT molecular complexity index is 2330. The number of carbonyl (C=O) groups excluding carboxylic acids is 5. The number of aliphatic carboxylic acids is 1. The monoisotopic (exact) mass is 761 g/mol. The molecule has 18 nitrogen and oxygen atoms in total. The highest BCUT2D eigenvalue weighted by Gasteiger charge is 2.34. The number of nitrogen functional groups attached to an aromatic ring is 1. The lowest BCUT2D eigenvalue weighted by Crippen LogP contribution is -2.54. The standard InChI is InChI=1S/C38H35N9O9/c39-38-45-31-30(34(51)46-38)40-19-28(43-31)32(49)41-20-29(48)42-26(17-21-7-2-1-3-8-21)33(50)44-27(37(54)55)18-22-11-13-23(14-12-22)56-16-6-15-47-35(52)24-9-4-5-10-25(24)36(47)53/h1-5,7-14,19,26-27H,6,15-18,20H2,(H,41,49)(H,42,48)(H,44,50)(H,54,55)(H3,39,43,45,46,51)/t26-,27-/m0/s1. The van der Waals surface area contributed by atoms with Gasteiger partial charge < -0.3 is 31.5 Å². The maximum absolute atomic E-state index is 13.5. The number of benzene rings is 3. The maximum atomic E-state index is 13.5. The summed E-state index contributed by atoms with van der Waals surface area (Å²) in [7, 11) is 0. The van der Waals surface area contributed by atoms with E-state index in [9.17, 15) is 38.7 Å². The number of H-pyrrole nitrogens is 1. The lowest BCUT2D eigenvalue weighted by molar-refractivity contribution is -0.142. The van der Waals surface area contributed by atoms with Crippen molar-refractivity contribution in [3.63, 3.8) is 0 Å². The number of hydrogen-bond donors (Lipinski definition) is 6. The van der Waals surface area contributed by atoms with E-state index < -0.39 is 47.9 Å². The molecule has 3 aromatic carbocycles. The van der Waals surface area contributed by atoms with Crippen molar-refractivity contribution >= 4 is 52.6 Å². The lowest BCUT2D eigenvalue weighted by atomic mass is 10.0. The predicted molar refractivity (Wildman–Crippen MR) is 198 cm³/mol. The molecule has 0 unspecified atom stereocenters. The molecule has 6 rings (SSSR count). The molecule has 3 heterocycles. The molecule has 5 amide bonds. The molecule has 0 radical (unpaired) electrons. The van der Waals surface area contributed by atoms with Crippen LogP contribution in [0.3, 0.4) is 0 Å². The number of carbonyl (C=O) groups is 6. The topological polar surface area (TPSA) is 269 Å². The summed E-state index contributed by atoms with van der Waals surface area (Å²) >= 11 is 0. The van der Waals surface area contributed by atoms with Gasteiger partial charge in [0.15, 0.2) is 11.2 Å². The molecule has 7 N–H and O–H groups in total. The molecule has 1 aliphatic heterocycles. The van der Waals surface area contributed by atoms with Crippen molar-refractivity contribution in [2.24, 2.45) is 0 Å². The second-order valence-electron chi connectivity index (χ2n) is 12.6. The average molecular weight is 762 g/mol. The second-order valence-corrected chi connectivity index (χ2v) is 12.6. The highest BCUT2D eigenvalue weighted by molar-refractivity contribution is 6.21. The zero-order valence-electron chi connectivity index (χ0n) is 29.6. The number of nitrogens with zero attached hydrogens (tertiary/aromatic N) is 4. The summed E-state index contributed by atoms with van der Waals surface area (Å²) in [5, 5.41) is 17.4. The van der Waals surface area contributed by atoms with E-state index in [1.807, 2.05) is 0 Å². The molecule has 0 saturated carbocycles. The number of hydrogen-bond acceptors (Lipinski definition) is 12. The van der Waals surface area contributed by atoms with Crippen LogP contribution in [0, 0.1) is 0 Å². The number of nitrogens with one attached hydrogen (secondary N) is 4. The Morgan fingerprint density at radius 1 is 0.821 bits per heavy atom. The van der Waals surface area contributed by atoms with Crippen molar-refractivity contribution in [1.82, 2.24) is 40.8 Å². The predicted octanol–water partition coefficient (Wildman–Crippen LogP) is 0.630. The lowest BCUT2D eigenvalue weighted by Gasteiger charge is -2.22. The molecule has 5 aromatic rings. The molecule has 0 saturated heterocycles. The minimum atomic E-state index is -1.37. The fraction of sp³-hybridized carbons (Fsp3) is 0.211. The van der Waals surface area contributed by atoms with E-state index in [-0.39, 0.29) is 60.6 Å². The second kappa shape index (κ2) is 17.1. The first-order valence-corrected chi connectivity index (χ1v) is 17.3.